The van der Waals surface area contributed by atoms with E-state index in [9.17, 15) is 9.90 Å². The minimum Gasteiger partial charge on any atom is -0.872 e. The van der Waals surface area contributed by atoms with Gasteiger partial charge >= 0.3 is 5.16 Å². The summed E-state index contributed by atoms with van der Waals surface area (Å²) in [5.41, 5.74) is 5.29. The molecule has 25 heavy (non-hydrogen) atoms. The van der Waals surface area contributed by atoms with Crippen LogP contribution in [0.15, 0.2) is 58.8 Å². The Morgan fingerprint density at radius 1 is 1.32 bits per heavy atom. The van der Waals surface area contributed by atoms with Crippen molar-refractivity contribution in [2.45, 2.75) is 18.6 Å². The van der Waals surface area contributed by atoms with Gasteiger partial charge in [0.2, 0.25) is 0 Å². The first-order valence-electron chi connectivity index (χ1n) is 7.89. The van der Waals surface area contributed by atoms with E-state index in [2.05, 4.69) is 27.0 Å². The van der Waals surface area contributed by atoms with Crippen molar-refractivity contribution in [3.63, 3.8) is 0 Å². The predicted octanol–water partition coefficient (Wildman–Crippen LogP) is 1.79. The normalized spacial score (nSPS) is 11.2. The molecule has 0 saturated carbocycles. The molecule has 0 aliphatic heterocycles. The lowest BCUT2D eigenvalue weighted by Crippen LogP contribution is -2.34. The zero-order chi connectivity index (χ0) is 17.6. The number of hydrazone groups is 1. The maximum atomic E-state index is 12.0. The van der Waals surface area contributed by atoms with Gasteiger partial charge in [-0.1, -0.05) is 36.4 Å². The summed E-state index contributed by atoms with van der Waals surface area (Å²) in [6, 6.07) is 14.4. The molecule has 0 atom stereocenters. The third-order valence-electron chi connectivity index (χ3n) is 3.60. The van der Waals surface area contributed by atoms with E-state index in [1.165, 1.54) is 30.1 Å². The number of nitrogens with one attached hydrogen (secondary N) is 2. The number of aromatic nitrogens is 2. The first-order chi connectivity index (χ1) is 12.2. The van der Waals surface area contributed by atoms with Gasteiger partial charge in [0, 0.05) is 0 Å². The molecule has 6 nitrogen and oxygen atoms in total. The fraction of sp³-hybridized carbons (Fsp3) is 0.167. The number of hydrogen-bond donors (Lipinski definition) is 2. The van der Waals surface area contributed by atoms with E-state index >= 15 is 0 Å². The van der Waals surface area contributed by atoms with Crippen molar-refractivity contribution in [1.82, 2.24) is 10.4 Å². The molecule has 7 heteroatoms. The van der Waals surface area contributed by atoms with Crippen molar-refractivity contribution in [2.75, 3.05) is 5.75 Å². The van der Waals surface area contributed by atoms with Crippen LogP contribution < -0.4 is 15.1 Å². The van der Waals surface area contributed by atoms with Gasteiger partial charge in [0.25, 0.3) is 5.91 Å². The van der Waals surface area contributed by atoms with Crippen LogP contribution in [-0.4, -0.2) is 22.9 Å². The molecular formula is C18H18N4O2S. The fourth-order valence-electron chi connectivity index (χ4n) is 2.47. The summed E-state index contributed by atoms with van der Waals surface area (Å²) in [5, 5.41) is 16.0. The van der Waals surface area contributed by atoms with Crippen LogP contribution in [-0.2, 0) is 11.3 Å². The van der Waals surface area contributed by atoms with Crippen LogP contribution >= 0.6 is 11.8 Å². The van der Waals surface area contributed by atoms with Crippen LogP contribution in [0.5, 0.6) is 5.75 Å². The van der Waals surface area contributed by atoms with Crippen LogP contribution in [0.4, 0.5) is 0 Å². The number of carbonyl (C=O) groups is 1. The number of hydrogen-bond acceptors (Lipinski definition) is 4. The quantitative estimate of drug-likeness (QED) is 0.306. The molecule has 0 aliphatic carbocycles. The largest absolute Gasteiger partial charge is 0.872 e. The van der Waals surface area contributed by atoms with Crippen molar-refractivity contribution < 1.29 is 14.5 Å². The number of amides is 1. The molecule has 3 rings (SSSR count). The molecule has 0 unspecified atom stereocenters. The van der Waals surface area contributed by atoms with Gasteiger partial charge in [0.15, 0.2) is 11.0 Å². The van der Waals surface area contributed by atoms with Gasteiger partial charge in [-0.3, -0.25) is 4.79 Å². The summed E-state index contributed by atoms with van der Waals surface area (Å²) in [6.45, 7) is 2.89. The third kappa shape index (κ3) is 4.19. The highest BCUT2D eigenvalue weighted by Gasteiger charge is 2.18. The molecule has 2 N–H and O–H groups in total. The number of benzene rings is 2. The SMILES string of the molecule is CC[n+]1c(SCC(=O)NN=Cc2cccc([O-])c2)[nH]c2ccccc21. The predicted molar refractivity (Wildman–Crippen MR) is 96.5 cm³/mol. The van der Waals surface area contributed by atoms with E-state index in [1.54, 1.807) is 12.1 Å². The van der Waals surface area contributed by atoms with Crippen molar-refractivity contribution in [3.8, 4) is 5.75 Å². The Hall–Kier alpha value is -2.80. The highest BCUT2D eigenvalue weighted by molar-refractivity contribution is 7.99. The van der Waals surface area contributed by atoms with Gasteiger partial charge in [-0.2, -0.15) is 5.10 Å². The molecule has 0 fully saturated rings. The van der Waals surface area contributed by atoms with Gasteiger partial charge in [-0.05, 0) is 36.4 Å². The molecule has 0 radical (unpaired) electrons. The zero-order valence-electron chi connectivity index (χ0n) is 13.7. The molecule has 128 valence electrons. The van der Waals surface area contributed by atoms with Crippen molar-refractivity contribution in [3.05, 3.63) is 54.1 Å². The summed E-state index contributed by atoms with van der Waals surface area (Å²) in [4.78, 5) is 15.3. The Morgan fingerprint density at radius 2 is 2.16 bits per heavy atom. The van der Waals surface area contributed by atoms with Crippen LogP contribution in [0.1, 0.15) is 12.5 Å². The van der Waals surface area contributed by atoms with Crippen LogP contribution in [0.2, 0.25) is 0 Å². The maximum absolute atomic E-state index is 12.0. The molecule has 0 spiro atoms. The molecule has 0 saturated heterocycles. The van der Waals surface area contributed by atoms with Gasteiger partial charge in [0.05, 0.1) is 18.5 Å². The summed E-state index contributed by atoms with van der Waals surface area (Å²) < 4.78 is 2.14. The number of H-pyrrole nitrogens is 1. The number of carbonyl (C=O) groups excluding carboxylic acids is 1. The summed E-state index contributed by atoms with van der Waals surface area (Å²) in [5.74, 6) is -0.0548. The van der Waals surface area contributed by atoms with E-state index in [0.717, 1.165) is 22.7 Å². The highest BCUT2D eigenvalue weighted by atomic mass is 32.2. The minimum atomic E-state index is -0.208. The lowest BCUT2D eigenvalue weighted by Gasteiger charge is -2.04. The summed E-state index contributed by atoms with van der Waals surface area (Å²) in [7, 11) is 0. The van der Waals surface area contributed by atoms with Crippen molar-refractivity contribution >= 4 is 34.9 Å². The number of nitrogens with zero attached hydrogens (tertiary/aromatic N) is 2. The standard InChI is InChI=1S/C18H18N4O2S/c1-2-22-16-9-4-3-8-15(16)20-18(22)25-12-17(24)21-19-11-13-6-5-7-14(23)10-13/h3-11H,2,12H2,1H3,(H2,21,23,24). The summed E-state index contributed by atoms with van der Waals surface area (Å²) in [6.07, 6.45) is 1.46. The second-order valence-corrected chi connectivity index (χ2v) is 6.31. The molecule has 0 bridgehead atoms. The number of rotatable bonds is 6. The van der Waals surface area contributed by atoms with Gasteiger partial charge in [0.1, 0.15) is 0 Å². The molecule has 1 amide bonds. The smallest absolute Gasteiger partial charge is 0.317 e. The number of aryl methyl sites for hydroxylation is 1. The molecule has 0 aliphatic rings. The Balaban J connectivity index is 1.59. The lowest BCUT2D eigenvalue weighted by molar-refractivity contribution is -0.705. The Bertz CT molecular complexity index is 920. The zero-order valence-corrected chi connectivity index (χ0v) is 14.5. The number of aromatic amines is 1. The Labute approximate surface area is 149 Å². The van der Waals surface area contributed by atoms with Gasteiger partial charge in [-0.15, -0.1) is 5.75 Å². The fourth-order valence-corrected chi connectivity index (χ4v) is 3.37. The average molecular weight is 354 g/mol. The first kappa shape index (κ1) is 17.0. The van der Waals surface area contributed by atoms with Crippen LogP contribution in [0.3, 0.4) is 0 Å². The number of imidazole rings is 1. The lowest BCUT2D eigenvalue weighted by atomic mass is 10.2. The second-order valence-electron chi connectivity index (χ2n) is 5.35. The molecule has 1 heterocycles. The third-order valence-corrected chi connectivity index (χ3v) is 4.60. The van der Waals surface area contributed by atoms with E-state index in [1.807, 2.05) is 24.3 Å². The van der Waals surface area contributed by atoms with Crippen molar-refractivity contribution in [2.24, 2.45) is 5.10 Å². The van der Waals surface area contributed by atoms with Crippen LogP contribution in [0, 0.1) is 0 Å². The Kier molecular flexibility index (Phi) is 5.35. The van der Waals surface area contributed by atoms with E-state index < -0.39 is 0 Å². The minimum absolute atomic E-state index is 0.0891. The molecule has 2 aromatic carbocycles. The van der Waals surface area contributed by atoms with E-state index in [4.69, 9.17) is 0 Å². The van der Waals surface area contributed by atoms with Gasteiger partial charge in [-0.25, -0.2) is 15.0 Å². The number of fused-ring (bicyclic) bond motifs is 1. The maximum Gasteiger partial charge on any atom is 0.317 e. The number of para-hydroxylation sites is 2. The average Bonchev–Trinajstić information content (AvgIpc) is 2.97. The summed E-state index contributed by atoms with van der Waals surface area (Å²) >= 11 is 1.43. The second kappa shape index (κ2) is 7.85. The van der Waals surface area contributed by atoms with E-state index in [0.29, 0.717) is 5.56 Å². The highest BCUT2D eigenvalue weighted by Crippen LogP contribution is 2.17. The van der Waals surface area contributed by atoms with Crippen molar-refractivity contribution in [1.29, 1.82) is 0 Å². The van der Waals surface area contributed by atoms with Crippen LogP contribution in [0.25, 0.3) is 11.0 Å². The molecular weight excluding hydrogens is 336 g/mol. The van der Waals surface area contributed by atoms with E-state index in [-0.39, 0.29) is 17.4 Å². The molecule has 3 aromatic rings. The molecule has 1 aromatic heterocycles. The number of thioether (sulfide) groups is 1. The van der Waals surface area contributed by atoms with Gasteiger partial charge < -0.3 is 5.11 Å². The monoisotopic (exact) mass is 354 g/mol. The first-order valence-corrected chi connectivity index (χ1v) is 8.88. The topological polar surface area (TPSA) is 84.2 Å². The Morgan fingerprint density at radius 3 is 2.96 bits per heavy atom.